The highest BCUT2D eigenvalue weighted by Gasteiger charge is 2.18. The summed E-state index contributed by atoms with van der Waals surface area (Å²) in [5, 5.41) is 3.05. The van der Waals surface area contributed by atoms with Crippen LogP contribution in [0, 0.1) is 5.82 Å². The second kappa shape index (κ2) is 8.27. The number of nitrogens with zero attached hydrogens (tertiary/aromatic N) is 3. The van der Waals surface area contributed by atoms with E-state index >= 15 is 0 Å². The van der Waals surface area contributed by atoms with Crippen LogP contribution >= 0.6 is 11.6 Å². The number of esters is 1. The minimum Gasteiger partial charge on any atom is -0.465 e. The van der Waals surface area contributed by atoms with Crippen molar-refractivity contribution in [2.24, 2.45) is 7.05 Å². The molecule has 3 aromatic carbocycles. The summed E-state index contributed by atoms with van der Waals surface area (Å²) < 4.78 is 20.7. The Bertz CT molecular complexity index is 1590. The molecule has 8 nitrogen and oxygen atoms in total. The number of halogens is 2. The number of benzene rings is 3. The lowest BCUT2D eigenvalue weighted by atomic mass is 10.2. The quantitative estimate of drug-likeness (QED) is 0.357. The van der Waals surface area contributed by atoms with Crippen molar-refractivity contribution in [3.63, 3.8) is 0 Å². The Morgan fingerprint density at radius 3 is 2.68 bits per heavy atom. The van der Waals surface area contributed by atoms with Crippen LogP contribution in [0.2, 0.25) is 5.02 Å². The zero-order valence-electron chi connectivity index (χ0n) is 18.0. The van der Waals surface area contributed by atoms with Gasteiger partial charge in [0.1, 0.15) is 11.6 Å². The van der Waals surface area contributed by atoms with Crippen LogP contribution in [-0.4, -0.2) is 38.5 Å². The van der Waals surface area contributed by atoms with Crippen LogP contribution in [-0.2, 0) is 11.8 Å². The predicted octanol–water partition coefficient (Wildman–Crippen LogP) is 4.95. The van der Waals surface area contributed by atoms with Crippen LogP contribution in [0.25, 0.3) is 33.5 Å². The fourth-order valence-electron chi connectivity index (χ4n) is 3.76. The van der Waals surface area contributed by atoms with Gasteiger partial charge in [0.15, 0.2) is 5.82 Å². The van der Waals surface area contributed by atoms with Crippen molar-refractivity contribution >= 4 is 51.2 Å². The van der Waals surface area contributed by atoms with Crippen molar-refractivity contribution in [1.82, 2.24) is 19.5 Å². The number of H-pyrrole nitrogens is 1. The molecule has 10 heteroatoms. The molecule has 5 aromatic rings. The Labute approximate surface area is 197 Å². The van der Waals surface area contributed by atoms with Crippen LogP contribution in [0.15, 0.2) is 54.6 Å². The molecule has 170 valence electrons. The van der Waals surface area contributed by atoms with E-state index in [1.54, 1.807) is 54.1 Å². The number of carbonyl (C=O) groups excluding carboxylic acids is 2. The lowest BCUT2D eigenvalue weighted by molar-refractivity contribution is 0.0600. The number of fused-ring (bicyclic) bond motifs is 2. The van der Waals surface area contributed by atoms with Crippen molar-refractivity contribution in [3.05, 3.63) is 76.8 Å². The second-order valence-corrected chi connectivity index (χ2v) is 7.96. The fraction of sp³-hybridized carbons (Fsp3) is 0.0833. The molecule has 2 N–H and O–H groups in total. The van der Waals surface area contributed by atoms with Gasteiger partial charge in [0.2, 0.25) is 0 Å². The molecular formula is C24H17ClFN5O3. The number of anilines is 1. The Morgan fingerprint density at radius 2 is 1.91 bits per heavy atom. The van der Waals surface area contributed by atoms with E-state index in [1.807, 2.05) is 0 Å². The molecule has 0 saturated carbocycles. The highest BCUT2D eigenvalue weighted by atomic mass is 35.5. The van der Waals surface area contributed by atoms with Gasteiger partial charge in [0.25, 0.3) is 5.91 Å². The zero-order chi connectivity index (χ0) is 24.0. The number of rotatable bonds is 4. The molecule has 0 aliphatic heterocycles. The van der Waals surface area contributed by atoms with E-state index in [0.717, 1.165) is 0 Å². The highest BCUT2D eigenvalue weighted by Crippen LogP contribution is 2.30. The van der Waals surface area contributed by atoms with Crippen molar-refractivity contribution in [1.29, 1.82) is 0 Å². The SMILES string of the molecule is COC(=O)c1ccc2c(c1)nc(C(=O)Nc1ccc3[nH]c(-c4c(F)cccc4Cl)nc3c1)n2C. The molecule has 0 radical (unpaired) electrons. The summed E-state index contributed by atoms with van der Waals surface area (Å²) in [4.78, 5) is 36.6. The summed E-state index contributed by atoms with van der Waals surface area (Å²) in [5.74, 6) is -0.957. The molecule has 2 heterocycles. The molecule has 0 saturated heterocycles. The first kappa shape index (κ1) is 21.6. The van der Waals surface area contributed by atoms with Gasteiger partial charge in [-0.15, -0.1) is 0 Å². The number of methoxy groups -OCH3 is 1. The number of carbonyl (C=O) groups is 2. The molecule has 0 aliphatic carbocycles. The number of aromatic nitrogens is 4. The summed E-state index contributed by atoms with van der Waals surface area (Å²) in [5.41, 5.74) is 3.37. The number of amides is 1. The molecule has 0 bridgehead atoms. The number of hydrogen-bond donors (Lipinski definition) is 2. The van der Waals surface area contributed by atoms with Gasteiger partial charge in [0.05, 0.1) is 45.3 Å². The van der Waals surface area contributed by atoms with Crippen LogP contribution < -0.4 is 5.32 Å². The number of imidazole rings is 2. The van der Waals surface area contributed by atoms with Gasteiger partial charge in [-0.05, 0) is 48.5 Å². The topological polar surface area (TPSA) is 102 Å². The predicted molar refractivity (Wildman–Crippen MR) is 127 cm³/mol. The largest absolute Gasteiger partial charge is 0.465 e. The van der Waals surface area contributed by atoms with E-state index in [0.29, 0.717) is 39.1 Å². The average molecular weight is 478 g/mol. The molecule has 0 unspecified atom stereocenters. The van der Waals surface area contributed by atoms with Gasteiger partial charge in [-0.1, -0.05) is 17.7 Å². The number of ether oxygens (including phenoxy) is 1. The van der Waals surface area contributed by atoms with E-state index in [9.17, 15) is 14.0 Å². The van der Waals surface area contributed by atoms with Crippen LogP contribution in [0.1, 0.15) is 21.0 Å². The van der Waals surface area contributed by atoms with Gasteiger partial charge in [-0.2, -0.15) is 0 Å². The molecule has 5 rings (SSSR count). The van der Waals surface area contributed by atoms with Gasteiger partial charge in [-0.25, -0.2) is 19.2 Å². The first-order valence-electron chi connectivity index (χ1n) is 10.2. The smallest absolute Gasteiger partial charge is 0.337 e. The van der Waals surface area contributed by atoms with E-state index in [2.05, 4.69) is 20.3 Å². The van der Waals surface area contributed by atoms with Crippen molar-refractivity contribution in [2.75, 3.05) is 12.4 Å². The maximum Gasteiger partial charge on any atom is 0.337 e. The average Bonchev–Trinajstić information content (AvgIpc) is 3.38. The molecule has 0 aliphatic rings. The maximum atomic E-state index is 14.3. The van der Waals surface area contributed by atoms with Crippen LogP contribution in [0.3, 0.4) is 0 Å². The zero-order valence-corrected chi connectivity index (χ0v) is 18.8. The van der Waals surface area contributed by atoms with Crippen molar-refractivity contribution in [2.45, 2.75) is 0 Å². The second-order valence-electron chi connectivity index (χ2n) is 7.56. The van der Waals surface area contributed by atoms with Gasteiger partial charge >= 0.3 is 5.97 Å². The number of hydrogen-bond acceptors (Lipinski definition) is 5. The number of aryl methyl sites for hydroxylation is 1. The Morgan fingerprint density at radius 1 is 1.09 bits per heavy atom. The molecule has 0 atom stereocenters. The molecular weight excluding hydrogens is 461 g/mol. The lowest BCUT2D eigenvalue weighted by Crippen LogP contribution is -2.16. The van der Waals surface area contributed by atoms with Crippen LogP contribution in [0.4, 0.5) is 10.1 Å². The summed E-state index contributed by atoms with van der Waals surface area (Å²) in [6, 6.07) is 14.4. The van der Waals surface area contributed by atoms with E-state index < -0.39 is 17.7 Å². The minimum absolute atomic E-state index is 0.165. The minimum atomic E-state index is -0.489. The third kappa shape index (κ3) is 3.65. The van der Waals surface area contributed by atoms with Crippen molar-refractivity contribution in [3.8, 4) is 11.4 Å². The molecule has 0 spiro atoms. The summed E-state index contributed by atoms with van der Waals surface area (Å²) in [6.45, 7) is 0. The normalized spacial score (nSPS) is 11.2. The first-order valence-corrected chi connectivity index (χ1v) is 10.5. The standard InChI is InChI=1S/C24H17ClFN5O3/c1-31-19-9-6-12(24(33)34-2)10-18(19)30-22(31)23(32)27-13-7-8-16-17(11-13)29-21(28-16)20-14(25)4-3-5-15(20)26/h3-11H,1-2H3,(H,27,32)(H,28,29). The van der Waals surface area contributed by atoms with E-state index in [4.69, 9.17) is 16.3 Å². The van der Waals surface area contributed by atoms with E-state index in [-0.39, 0.29) is 16.4 Å². The highest BCUT2D eigenvalue weighted by molar-refractivity contribution is 6.33. The van der Waals surface area contributed by atoms with Crippen LogP contribution in [0.5, 0.6) is 0 Å². The first-order chi connectivity index (χ1) is 16.4. The van der Waals surface area contributed by atoms with E-state index in [1.165, 1.54) is 19.2 Å². The molecule has 1 amide bonds. The summed E-state index contributed by atoms with van der Waals surface area (Å²) in [7, 11) is 3.01. The summed E-state index contributed by atoms with van der Waals surface area (Å²) >= 11 is 6.15. The molecule has 2 aromatic heterocycles. The Balaban J connectivity index is 1.45. The van der Waals surface area contributed by atoms with Gasteiger partial charge in [0, 0.05) is 12.7 Å². The number of aromatic amines is 1. The third-order valence-corrected chi connectivity index (χ3v) is 5.76. The Kier molecular flexibility index (Phi) is 5.25. The monoisotopic (exact) mass is 477 g/mol. The Hall–Kier alpha value is -4.24. The van der Waals surface area contributed by atoms with Crippen molar-refractivity contribution < 1.29 is 18.7 Å². The third-order valence-electron chi connectivity index (χ3n) is 5.45. The van der Waals surface area contributed by atoms with Gasteiger partial charge in [-0.3, -0.25) is 4.79 Å². The molecule has 0 fully saturated rings. The van der Waals surface area contributed by atoms with Gasteiger partial charge < -0.3 is 19.6 Å². The maximum absolute atomic E-state index is 14.3. The number of nitrogens with one attached hydrogen (secondary N) is 2. The lowest BCUT2D eigenvalue weighted by Gasteiger charge is -2.05. The fourth-order valence-corrected chi connectivity index (χ4v) is 4.01. The molecule has 34 heavy (non-hydrogen) atoms. The summed E-state index contributed by atoms with van der Waals surface area (Å²) in [6.07, 6.45) is 0.